The van der Waals surface area contributed by atoms with Crippen LogP contribution in [0.5, 0.6) is 11.5 Å². The minimum atomic E-state index is -1.12. The summed E-state index contributed by atoms with van der Waals surface area (Å²) < 4.78 is 11.3. The number of carbonyl (C=O) groups is 3. The van der Waals surface area contributed by atoms with Crippen molar-refractivity contribution < 1.29 is 29.0 Å². The number of carboxylic acid groups (broad SMARTS) is 1. The predicted octanol–water partition coefficient (Wildman–Crippen LogP) is 4.94. The second-order valence-electron chi connectivity index (χ2n) is 13.1. The molecule has 2 amide bonds. The van der Waals surface area contributed by atoms with E-state index >= 15 is 0 Å². The van der Waals surface area contributed by atoms with Gasteiger partial charge in [0.1, 0.15) is 24.7 Å². The van der Waals surface area contributed by atoms with Gasteiger partial charge in [0.15, 0.2) is 0 Å². The number of fused-ring (bicyclic) bond motifs is 1. The normalized spacial score (nSPS) is 17.0. The van der Waals surface area contributed by atoms with Gasteiger partial charge in [-0.3, -0.25) is 14.4 Å². The van der Waals surface area contributed by atoms with Crippen molar-refractivity contribution in [1.29, 1.82) is 0 Å². The molecule has 11 heteroatoms. The lowest BCUT2D eigenvalue weighted by molar-refractivity contribution is -0.138. The molecule has 1 N–H and O–H groups in total. The van der Waals surface area contributed by atoms with Crippen LogP contribution in [0, 0.1) is 5.92 Å². The molecule has 2 fully saturated rings. The van der Waals surface area contributed by atoms with Crippen molar-refractivity contribution in [3.05, 3.63) is 114 Å². The number of benzene rings is 3. The quantitative estimate of drug-likeness (QED) is 0.196. The highest BCUT2D eigenvalue weighted by Gasteiger charge is 2.41. The molecule has 1 aromatic heterocycles. The summed E-state index contributed by atoms with van der Waals surface area (Å²) in [5.41, 5.74) is 2.81. The summed E-state index contributed by atoms with van der Waals surface area (Å²) in [6.45, 7) is 1.72. The predicted molar refractivity (Wildman–Crippen MR) is 193 cm³/mol. The second-order valence-corrected chi connectivity index (χ2v) is 13.1. The minimum absolute atomic E-state index is 0.0167. The van der Waals surface area contributed by atoms with Crippen LogP contribution < -0.4 is 14.4 Å². The SMILES string of the molecule is COc1ccccc1CC(=O)N1CCCC[C@H]2CN(c3ncc(C(=O)N(CCOc4ccccc4)CC(=O)O)c(CCc4ccccc4)n3)C[C@@H]21. The van der Waals surface area contributed by atoms with Crippen LogP contribution in [0.3, 0.4) is 0 Å². The molecular formula is C40H45N5O6. The minimum Gasteiger partial charge on any atom is -0.496 e. The Morgan fingerprint density at radius 2 is 1.67 bits per heavy atom. The Balaban J connectivity index is 1.23. The number of amides is 2. The van der Waals surface area contributed by atoms with E-state index < -0.39 is 18.4 Å². The van der Waals surface area contributed by atoms with Crippen molar-refractivity contribution in [3.63, 3.8) is 0 Å². The van der Waals surface area contributed by atoms with Crippen molar-refractivity contribution >= 4 is 23.7 Å². The van der Waals surface area contributed by atoms with E-state index in [4.69, 9.17) is 19.4 Å². The molecule has 0 bridgehead atoms. The Morgan fingerprint density at radius 3 is 2.43 bits per heavy atom. The van der Waals surface area contributed by atoms with E-state index in [1.54, 1.807) is 7.11 Å². The van der Waals surface area contributed by atoms with E-state index in [-0.39, 0.29) is 43.0 Å². The fourth-order valence-electron chi connectivity index (χ4n) is 7.14. The van der Waals surface area contributed by atoms with Crippen LogP contribution in [0.15, 0.2) is 91.1 Å². The van der Waals surface area contributed by atoms with E-state index in [2.05, 4.69) is 4.90 Å². The monoisotopic (exact) mass is 691 g/mol. The van der Waals surface area contributed by atoms with Crippen molar-refractivity contribution in [1.82, 2.24) is 19.8 Å². The molecular weight excluding hydrogens is 646 g/mol. The summed E-state index contributed by atoms with van der Waals surface area (Å²) >= 11 is 0. The number of methoxy groups -OCH3 is 1. The number of likely N-dealkylation sites (tertiary alicyclic amines) is 1. The number of rotatable bonds is 14. The first-order valence-electron chi connectivity index (χ1n) is 17.6. The third-order valence-electron chi connectivity index (χ3n) is 9.73. The summed E-state index contributed by atoms with van der Waals surface area (Å²) in [5, 5.41) is 9.69. The van der Waals surface area contributed by atoms with Crippen LogP contribution in [0.25, 0.3) is 0 Å². The number of aromatic nitrogens is 2. The summed E-state index contributed by atoms with van der Waals surface area (Å²) in [7, 11) is 1.62. The average Bonchev–Trinajstić information content (AvgIpc) is 3.47. The molecule has 0 spiro atoms. The average molecular weight is 692 g/mol. The summed E-state index contributed by atoms with van der Waals surface area (Å²) in [6, 6.07) is 26.8. The van der Waals surface area contributed by atoms with Crippen LogP contribution in [0.1, 0.15) is 46.4 Å². The van der Waals surface area contributed by atoms with Gasteiger partial charge in [0.2, 0.25) is 11.9 Å². The maximum absolute atomic E-state index is 14.0. The lowest BCUT2D eigenvalue weighted by Gasteiger charge is -2.30. The van der Waals surface area contributed by atoms with Gasteiger partial charge in [-0.1, -0.05) is 73.2 Å². The Kier molecular flexibility index (Phi) is 11.8. The van der Waals surface area contributed by atoms with Crippen LogP contribution >= 0.6 is 0 Å². The summed E-state index contributed by atoms with van der Waals surface area (Å²) in [6.07, 6.45) is 5.93. The first-order chi connectivity index (χ1) is 24.9. The number of aliphatic carboxylic acids is 1. The van der Waals surface area contributed by atoms with Gasteiger partial charge in [-0.05, 0) is 55.4 Å². The standard InChI is InChI=1S/C40H45N5O6/c1-50-36-18-9-8-14-30(36)24-37(46)45-21-11-10-15-31-26-44(27-35(31)45)40-41-25-33(34(42-40)20-19-29-12-4-2-5-13-29)39(49)43(28-38(47)48)22-23-51-32-16-6-3-7-17-32/h2-9,12-14,16-18,25,31,35H,10-11,15,19-24,26-28H2,1H3,(H,47,48)/t31-,35-/m0/s1. The molecule has 0 unspecified atom stereocenters. The highest BCUT2D eigenvalue weighted by Crippen LogP contribution is 2.33. The molecule has 0 aliphatic carbocycles. The number of anilines is 1. The van der Waals surface area contributed by atoms with E-state index in [0.717, 1.165) is 30.4 Å². The maximum atomic E-state index is 14.0. The number of hydrogen-bond donors (Lipinski definition) is 1. The highest BCUT2D eigenvalue weighted by atomic mass is 16.5. The molecule has 2 saturated heterocycles. The van der Waals surface area contributed by atoms with Gasteiger partial charge in [0.05, 0.1) is 37.4 Å². The Hall–Kier alpha value is -5.45. The number of ether oxygens (including phenoxy) is 2. The molecule has 3 aromatic carbocycles. The number of aryl methyl sites for hydroxylation is 2. The van der Waals surface area contributed by atoms with Crippen LogP contribution in [-0.2, 0) is 28.9 Å². The smallest absolute Gasteiger partial charge is 0.323 e. The highest BCUT2D eigenvalue weighted by molar-refractivity contribution is 5.96. The molecule has 4 aromatic rings. The van der Waals surface area contributed by atoms with E-state index in [9.17, 15) is 19.5 Å². The van der Waals surface area contributed by atoms with Gasteiger partial charge in [-0.2, -0.15) is 0 Å². The molecule has 3 heterocycles. The third-order valence-corrected chi connectivity index (χ3v) is 9.73. The van der Waals surface area contributed by atoms with Gasteiger partial charge in [0.25, 0.3) is 5.91 Å². The number of para-hydroxylation sites is 2. The fourth-order valence-corrected chi connectivity index (χ4v) is 7.14. The number of carbonyl (C=O) groups excluding carboxylic acids is 2. The molecule has 51 heavy (non-hydrogen) atoms. The van der Waals surface area contributed by atoms with Crippen LogP contribution in [-0.4, -0.2) is 95.1 Å². The largest absolute Gasteiger partial charge is 0.496 e. The molecule has 6 rings (SSSR count). The van der Waals surface area contributed by atoms with Crippen molar-refractivity contribution in [3.8, 4) is 11.5 Å². The number of nitrogens with zero attached hydrogens (tertiary/aromatic N) is 5. The van der Waals surface area contributed by atoms with Gasteiger partial charge in [-0.15, -0.1) is 0 Å². The van der Waals surface area contributed by atoms with Gasteiger partial charge in [0, 0.05) is 31.4 Å². The van der Waals surface area contributed by atoms with E-state index in [1.165, 1.54) is 11.1 Å². The van der Waals surface area contributed by atoms with Gasteiger partial charge in [-0.25, -0.2) is 9.97 Å². The first kappa shape index (κ1) is 35.4. The Morgan fingerprint density at radius 1 is 0.922 bits per heavy atom. The summed E-state index contributed by atoms with van der Waals surface area (Å²) in [4.78, 5) is 54.8. The molecule has 11 nitrogen and oxygen atoms in total. The molecule has 266 valence electrons. The Bertz CT molecular complexity index is 1790. The van der Waals surface area contributed by atoms with Crippen molar-refractivity contribution in [2.75, 3.05) is 51.3 Å². The zero-order chi connectivity index (χ0) is 35.6. The first-order valence-corrected chi connectivity index (χ1v) is 17.6. The van der Waals surface area contributed by atoms with Gasteiger partial charge >= 0.3 is 5.97 Å². The fraction of sp³-hybridized carbons (Fsp3) is 0.375. The molecule has 0 radical (unpaired) electrons. The zero-order valence-electron chi connectivity index (χ0n) is 29.0. The van der Waals surface area contributed by atoms with Crippen LogP contribution in [0.4, 0.5) is 5.95 Å². The van der Waals surface area contributed by atoms with Gasteiger partial charge < -0.3 is 29.3 Å². The number of carboxylic acids is 1. The zero-order valence-corrected chi connectivity index (χ0v) is 29.0. The lowest BCUT2D eigenvalue weighted by atomic mass is 9.98. The van der Waals surface area contributed by atoms with E-state index in [0.29, 0.717) is 55.6 Å². The lowest BCUT2D eigenvalue weighted by Crippen LogP contribution is -2.45. The maximum Gasteiger partial charge on any atom is 0.323 e. The molecule has 2 aliphatic rings. The van der Waals surface area contributed by atoms with Crippen molar-refractivity contribution in [2.24, 2.45) is 5.92 Å². The Labute approximate surface area is 298 Å². The molecule has 2 aliphatic heterocycles. The molecule has 2 atom stereocenters. The second kappa shape index (κ2) is 17.0. The molecule has 0 saturated carbocycles. The summed E-state index contributed by atoms with van der Waals surface area (Å²) in [5.74, 6) is 0.633. The third kappa shape index (κ3) is 9.02. The van der Waals surface area contributed by atoms with E-state index in [1.807, 2.05) is 89.8 Å². The van der Waals surface area contributed by atoms with Crippen molar-refractivity contribution in [2.45, 2.75) is 44.6 Å². The topological polar surface area (TPSA) is 125 Å². The van der Waals surface area contributed by atoms with Crippen LogP contribution in [0.2, 0.25) is 0 Å². The number of hydrogen-bond acceptors (Lipinski definition) is 8.